The first kappa shape index (κ1) is 19.9. The molecule has 1 aromatic rings. The first-order valence-corrected chi connectivity index (χ1v) is 12.9. The van der Waals surface area contributed by atoms with Gasteiger partial charge in [-0.25, -0.2) is 4.98 Å². The third kappa shape index (κ3) is 3.02. The number of carboxylic acids is 1. The smallest absolute Gasteiger partial charge is 0.307 e. The van der Waals surface area contributed by atoms with Gasteiger partial charge >= 0.3 is 5.97 Å². The highest BCUT2D eigenvalue weighted by molar-refractivity contribution is 7.98. The summed E-state index contributed by atoms with van der Waals surface area (Å²) in [6.45, 7) is 3.51. The topological polar surface area (TPSA) is 82.5 Å². The summed E-state index contributed by atoms with van der Waals surface area (Å²) in [6, 6.07) is 4.18. The largest absolute Gasteiger partial charge is 0.481 e. The van der Waals surface area contributed by atoms with Crippen LogP contribution in [-0.2, 0) is 4.79 Å². The third-order valence-electron chi connectivity index (χ3n) is 9.20. The highest BCUT2D eigenvalue weighted by atomic mass is 32.2. The summed E-state index contributed by atoms with van der Waals surface area (Å²) >= 11 is 1.51. The monoisotopic (exact) mass is 441 g/mol. The molecule has 6 aliphatic rings. The molecule has 3 atom stereocenters. The summed E-state index contributed by atoms with van der Waals surface area (Å²) in [5.41, 5.74) is 0.520. The Morgan fingerprint density at radius 2 is 1.84 bits per heavy atom. The number of hydrogen-bond acceptors (Lipinski definition) is 5. The summed E-state index contributed by atoms with van der Waals surface area (Å²) in [7, 11) is 0. The number of carbonyl (C=O) groups is 2. The molecule has 7 heteroatoms. The van der Waals surface area contributed by atoms with Gasteiger partial charge in [0.25, 0.3) is 5.91 Å². The molecular weight excluding hydrogens is 410 g/mol. The van der Waals surface area contributed by atoms with E-state index in [-0.39, 0.29) is 23.2 Å². The van der Waals surface area contributed by atoms with E-state index in [0.29, 0.717) is 23.4 Å². The van der Waals surface area contributed by atoms with Gasteiger partial charge in [0.1, 0.15) is 10.8 Å². The highest BCUT2D eigenvalue weighted by Crippen LogP contribution is 2.63. The Hall–Kier alpha value is -1.76. The molecule has 5 saturated carbocycles. The fourth-order valence-corrected chi connectivity index (χ4v) is 8.42. The molecule has 0 spiro atoms. The van der Waals surface area contributed by atoms with Gasteiger partial charge in [0.2, 0.25) is 0 Å². The van der Waals surface area contributed by atoms with Crippen molar-refractivity contribution in [1.82, 2.24) is 10.3 Å². The number of aromatic nitrogens is 1. The normalized spacial score (nSPS) is 41.9. The second kappa shape index (κ2) is 6.87. The zero-order valence-electron chi connectivity index (χ0n) is 18.2. The van der Waals surface area contributed by atoms with Crippen LogP contribution in [0.1, 0.15) is 49.4 Å². The minimum Gasteiger partial charge on any atom is -0.481 e. The van der Waals surface area contributed by atoms with Crippen molar-refractivity contribution in [2.75, 3.05) is 24.2 Å². The fourth-order valence-electron chi connectivity index (χ4n) is 7.86. The summed E-state index contributed by atoms with van der Waals surface area (Å²) in [5.74, 6) is 3.27. The number of thioether (sulfide) groups is 1. The Bertz CT molecular complexity index is 924. The van der Waals surface area contributed by atoms with Gasteiger partial charge in [-0.15, -0.1) is 11.8 Å². The molecular formula is C24H31N3O3S. The maximum absolute atomic E-state index is 13.2. The molecule has 6 fully saturated rings. The molecule has 166 valence electrons. The maximum Gasteiger partial charge on any atom is 0.307 e. The zero-order chi connectivity index (χ0) is 21.5. The number of rotatable bonds is 5. The van der Waals surface area contributed by atoms with Crippen molar-refractivity contribution in [3.8, 4) is 0 Å². The van der Waals surface area contributed by atoms with Crippen LogP contribution in [0.2, 0.25) is 0 Å². The number of nitrogens with one attached hydrogen (secondary N) is 1. The summed E-state index contributed by atoms with van der Waals surface area (Å²) < 4.78 is 0. The van der Waals surface area contributed by atoms with E-state index in [1.807, 2.05) is 18.4 Å². The number of aliphatic carboxylic acids is 1. The number of carbonyl (C=O) groups excluding carboxylic acids is 1. The molecule has 1 saturated heterocycles. The Morgan fingerprint density at radius 3 is 2.39 bits per heavy atom. The average molecular weight is 442 g/mol. The molecule has 7 rings (SSSR count). The van der Waals surface area contributed by atoms with Gasteiger partial charge < -0.3 is 15.3 Å². The lowest BCUT2D eigenvalue weighted by Gasteiger charge is -2.54. The van der Waals surface area contributed by atoms with Gasteiger partial charge in [0.15, 0.2) is 0 Å². The number of hydrogen-bond donors (Lipinski definition) is 2. The number of pyridine rings is 1. The molecule has 6 nitrogen and oxygen atoms in total. The first-order valence-electron chi connectivity index (χ1n) is 11.7. The number of fused-ring (bicyclic) bond motifs is 1. The van der Waals surface area contributed by atoms with Crippen molar-refractivity contribution < 1.29 is 14.7 Å². The minimum atomic E-state index is -0.679. The van der Waals surface area contributed by atoms with Crippen molar-refractivity contribution in [2.24, 2.45) is 40.9 Å². The highest BCUT2D eigenvalue weighted by Gasteiger charge is 2.69. The predicted octanol–water partition coefficient (Wildman–Crippen LogP) is 3.51. The lowest BCUT2D eigenvalue weighted by molar-refractivity contribution is -0.139. The van der Waals surface area contributed by atoms with Crippen molar-refractivity contribution in [2.45, 2.75) is 50.1 Å². The van der Waals surface area contributed by atoms with Crippen LogP contribution >= 0.6 is 11.8 Å². The molecule has 2 heterocycles. The predicted molar refractivity (Wildman–Crippen MR) is 119 cm³/mol. The van der Waals surface area contributed by atoms with Crippen molar-refractivity contribution in [1.29, 1.82) is 0 Å². The summed E-state index contributed by atoms with van der Waals surface area (Å²) in [6.07, 6.45) is 8.54. The number of anilines is 1. The Kier molecular flexibility index (Phi) is 4.41. The molecule has 31 heavy (non-hydrogen) atoms. The fraction of sp³-hybridized carbons (Fsp3) is 0.708. The van der Waals surface area contributed by atoms with Crippen LogP contribution in [0.3, 0.4) is 0 Å². The van der Waals surface area contributed by atoms with Crippen molar-refractivity contribution in [3.63, 3.8) is 0 Å². The van der Waals surface area contributed by atoms with Crippen LogP contribution in [0, 0.1) is 40.9 Å². The van der Waals surface area contributed by atoms with Gasteiger partial charge in [-0.3, -0.25) is 9.59 Å². The summed E-state index contributed by atoms with van der Waals surface area (Å²) in [4.78, 5) is 31.7. The van der Waals surface area contributed by atoms with Gasteiger partial charge in [0.05, 0.1) is 11.5 Å². The van der Waals surface area contributed by atoms with Crippen LogP contribution < -0.4 is 10.2 Å². The van der Waals surface area contributed by atoms with Crippen LogP contribution in [0.4, 0.5) is 5.82 Å². The number of amides is 1. The zero-order valence-corrected chi connectivity index (χ0v) is 19.0. The van der Waals surface area contributed by atoms with Gasteiger partial charge in [-0.1, -0.05) is 6.92 Å². The van der Waals surface area contributed by atoms with Crippen LogP contribution in [0.25, 0.3) is 0 Å². The van der Waals surface area contributed by atoms with Crippen LogP contribution in [0.5, 0.6) is 0 Å². The maximum atomic E-state index is 13.2. The molecule has 1 aromatic heterocycles. The van der Waals surface area contributed by atoms with Gasteiger partial charge in [-0.2, -0.15) is 0 Å². The van der Waals surface area contributed by atoms with Crippen molar-refractivity contribution in [3.05, 3.63) is 17.7 Å². The third-order valence-corrected chi connectivity index (χ3v) is 9.90. The van der Waals surface area contributed by atoms with Gasteiger partial charge in [0, 0.05) is 24.5 Å². The SMILES string of the molecule is CSc1nc(N2C[C@H]3C(C(=O)O)[C@]3(C)C2)ccc1C(=O)NC1C2CC3CC(C2)CC1C3. The molecule has 5 aliphatic carbocycles. The van der Waals surface area contributed by atoms with E-state index in [2.05, 4.69) is 17.1 Å². The molecule has 0 aromatic carbocycles. The van der Waals surface area contributed by atoms with E-state index in [1.165, 1.54) is 43.9 Å². The molecule has 4 bridgehead atoms. The van der Waals surface area contributed by atoms with Crippen molar-refractivity contribution >= 4 is 29.5 Å². The van der Waals surface area contributed by atoms with E-state index in [0.717, 1.165) is 35.8 Å². The summed E-state index contributed by atoms with van der Waals surface area (Å²) in [5, 5.41) is 13.6. The second-order valence-corrected chi connectivity index (χ2v) is 11.8. The average Bonchev–Trinajstić information content (AvgIpc) is 3.16. The standard InChI is InChI=1S/C24H31N3O3S/c1-24-11-27(10-17(24)19(24)23(29)30)18-4-3-16(22(25-18)31-2)21(28)26-20-14-6-12-5-13(8-14)9-15(20)7-12/h3-4,12-15,17,19-20H,5-11H2,1-2H3,(H,26,28)(H,29,30)/t12?,13?,14?,15?,17-,19?,20?,24+/m0/s1. The van der Waals surface area contributed by atoms with E-state index in [4.69, 9.17) is 4.98 Å². The second-order valence-electron chi connectivity index (χ2n) is 11.0. The lowest BCUT2D eigenvalue weighted by Crippen LogP contribution is -2.55. The number of nitrogens with zero attached hydrogens (tertiary/aromatic N) is 2. The number of piperidine rings is 1. The molecule has 1 amide bonds. The van der Waals surface area contributed by atoms with Gasteiger partial charge in [-0.05, 0) is 80.1 Å². The van der Waals surface area contributed by atoms with Crippen LogP contribution in [-0.4, -0.2) is 47.4 Å². The quantitative estimate of drug-likeness (QED) is 0.681. The molecule has 1 aliphatic heterocycles. The van der Waals surface area contributed by atoms with E-state index in [9.17, 15) is 14.7 Å². The minimum absolute atomic E-state index is 0.0167. The Balaban J connectivity index is 1.17. The van der Waals surface area contributed by atoms with E-state index >= 15 is 0 Å². The first-order chi connectivity index (χ1) is 14.9. The number of carboxylic acid groups (broad SMARTS) is 1. The molecule has 0 radical (unpaired) electrons. The van der Waals surface area contributed by atoms with E-state index < -0.39 is 5.97 Å². The molecule has 2 N–H and O–H groups in total. The molecule has 1 unspecified atom stereocenters. The Morgan fingerprint density at radius 1 is 1.16 bits per heavy atom. The van der Waals surface area contributed by atoms with E-state index in [1.54, 1.807) is 0 Å². The lowest BCUT2D eigenvalue weighted by atomic mass is 9.54. The Labute approximate surface area is 187 Å². The van der Waals surface area contributed by atoms with Crippen LogP contribution in [0.15, 0.2) is 17.2 Å².